The number of benzene rings is 2. The number of pyridine rings is 1. The summed E-state index contributed by atoms with van der Waals surface area (Å²) in [4.78, 5) is 18.5. The molecule has 0 spiro atoms. The smallest absolute Gasteiger partial charge is 0.189 e. The molecule has 0 bridgehead atoms. The van der Waals surface area contributed by atoms with E-state index in [0.29, 0.717) is 13.1 Å². The summed E-state index contributed by atoms with van der Waals surface area (Å²) in [5.74, 6) is 0.908. The van der Waals surface area contributed by atoms with Crippen molar-refractivity contribution in [2.75, 3.05) is 0 Å². The minimum Gasteiger partial charge on any atom is -0.468 e. The van der Waals surface area contributed by atoms with Crippen LogP contribution in [-0.4, -0.2) is 9.88 Å². The van der Waals surface area contributed by atoms with Crippen LogP contribution >= 0.6 is 0 Å². The molecule has 28 heavy (non-hydrogen) atoms. The van der Waals surface area contributed by atoms with Crippen LogP contribution in [0.25, 0.3) is 10.9 Å². The van der Waals surface area contributed by atoms with Gasteiger partial charge in [0, 0.05) is 30.2 Å². The predicted molar refractivity (Wildman–Crippen MR) is 112 cm³/mol. The van der Waals surface area contributed by atoms with Crippen molar-refractivity contribution in [1.29, 1.82) is 0 Å². The Kier molecular flexibility index (Phi) is 5.13. The lowest BCUT2D eigenvalue weighted by atomic mass is 10.1. The Bertz CT molecular complexity index is 1130. The summed E-state index contributed by atoms with van der Waals surface area (Å²) in [5.41, 5.74) is 5.26. The van der Waals surface area contributed by atoms with Crippen molar-refractivity contribution in [2.24, 2.45) is 0 Å². The van der Waals surface area contributed by atoms with Crippen molar-refractivity contribution >= 4 is 10.9 Å². The van der Waals surface area contributed by atoms with Gasteiger partial charge >= 0.3 is 0 Å². The van der Waals surface area contributed by atoms with E-state index in [1.54, 1.807) is 12.3 Å². The van der Waals surface area contributed by atoms with E-state index >= 15 is 0 Å². The van der Waals surface area contributed by atoms with Gasteiger partial charge in [-0.15, -0.1) is 0 Å². The fourth-order valence-electron chi connectivity index (χ4n) is 3.79. The summed E-state index contributed by atoms with van der Waals surface area (Å²) >= 11 is 0. The molecule has 2 aromatic carbocycles. The maximum absolute atomic E-state index is 12.7. The van der Waals surface area contributed by atoms with E-state index in [2.05, 4.69) is 35.0 Å². The zero-order chi connectivity index (χ0) is 19.5. The average molecular weight is 372 g/mol. The van der Waals surface area contributed by atoms with Crippen LogP contribution in [0.3, 0.4) is 0 Å². The second-order valence-corrected chi connectivity index (χ2v) is 7.37. The van der Waals surface area contributed by atoms with Crippen molar-refractivity contribution in [2.45, 2.75) is 33.5 Å². The van der Waals surface area contributed by atoms with E-state index in [-0.39, 0.29) is 5.43 Å². The van der Waals surface area contributed by atoms with Crippen molar-refractivity contribution in [1.82, 2.24) is 9.88 Å². The van der Waals surface area contributed by atoms with Crippen molar-refractivity contribution in [3.05, 3.63) is 105 Å². The highest BCUT2D eigenvalue weighted by Crippen LogP contribution is 2.18. The molecule has 1 N–H and O–H groups in total. The molecule has 0 saturated heterocycles. The number of nitrogens with zero attached hydrogens (tertiary/aromatic N) is 1. The molecule has 2 aromatic heterocycles. The van der Waals surface area contributed by atoms with Crippen LogP contribution in [0.5, 0.6) is 0 Å². The molecule has 0 saturated carbocycles. The predicted octanol–water partition coefficient (Wildman–Crippen LogP) is 4.94. The Morgan fingerprint density at radius 3 is 2.50 bits per heavy atom. The molecule has 2 heterocycles. The van der Waals surface area contributed by atoms with Gasteiger partial charge in [-0.25, -0.2) is 0 Å². The van der Waals surface area contributed by atoms with Gasteiger partial charge in [0.2, 0.25) is 0 Å². The first-order valence-corrected chi connectivity index (χ1v) is 9.50. The molecule has 0 aliphatic rings. The van der Waals surface area contributed by atoms with Crippen molar-refractivity contribution in [3.63, 3.8) is 0 Å². The lowest BCUT2D eigenvalue weighted by Crippen LogP contribution is -2.23. The topological polar surface area (TPSA) is 49.2 Å². The number of furan rings is 1. The summed E-state index contributed by atoms with van der Waals surface area (Å²) in [6.07, 6.45) is 1.69. The highest BCUT2D eigenvalue weighted by atomic mass is 16.3. The third-order valence-corrected chi connectivity index (χ3v) is 4.93. The summed E-state index contributed by atoms with van der Waals surface area (Å²) in [6, 6.07) is 20.0. The van der Waals surface area contributed by atoms with E-state index in [9.17, 15) is 4.79 Å². The quantitative estimate of drug-likeness (QED) is 0.521. The molecule has 0 unspecified atom stereocenters. The second kappa shape index (κ2) is 7.87. The standard InChI is InChI=1S/C24H24N2O2/c1-17-11-18(2)24-22(12-17)25-20(13-23(24)27)15-26(16-21-9-6-10-28-21)14-19-7-4-3-5-8-19/h3-13H,14-16H2,1-2H3,(H,25,27). The first-order chi connectivity index (χ1) is 13.6. The highest BCUT2D eigenvalue weighted by Gasteiger charge is 2.12. The summed E-state index contributed by atoms with van der Waals surface area (Å²) in [6.45, 7) is 6.12. The third-order valence-electron chi connectivity index (χ3n) is 4.93. The van der Waals surface area contributed by atoms with Gasteiger partial charge in [0.1, 0.15) is 5.76 Å². The maximum Gasteiger partial charge on any atom is 0.189 e. The van der Waals surface area contributed by atoms with Gasteiger partial charge in [0.15, 0.2) is 5.43 Å². The van der Waals surface area contributed by atoms with Crippen LogP contribution in [0.15, 0.2) is 76.1 Å². The number of aryl methyl sites for hydroxylation is 2. The fraction of sp³-hybridized carbons (Fsp3) is 0.208. The fourth-order valence-corrected chi connectivity index (χ4v) is 3.79. The monoisotopic (exact) mass is 372 g/mol. The van der Waals surface area contributed by atoms with Crippen LogP contribution < -0.4 is 5.43 Å². The molecule has 0 amide bonds. The molecule has 4 rings (SSSR count). The van der Waals surface area contributed by atoms with Gasteiger partial charge in [0.05, 0.1) is 18.3 Å². The zero-order valence-corrected chi connectivity index (χ0v) is 16.2. The lowest BCUT2D eigenvalue weighted by Gasteiger charge is -2.22. The molecular formula is C24H24N2O2. The Hall–Kier alpha value is -3.11. The minimum absolute atomic E-state index is 0.0684. The Labute approximate surface area is 164 Å². The molecule has 4 aromatic rings. The highest BCUT2D eigenvalue weighted by molar-refractivity contribution is 5.82. The van der Waals surface area contributed by atoms with Crippen LogP contribution in [0, 0.1) is 13.8 Å². The number of aromatic amines is 1. The molecule has 4 nitrogen and oxygen atoms in total. The first-order valence-electron chi connectivity index (χ1n) is 9.50. The van der Waals surface area contributed by atoms with E-state index in [4.69, 9.17) is 4.42 Å². The van der Waals surface area contributed by atoms with Gasteiger partial charge < -0.3 is 9.40 Å². The molecular weight excluding hydrogens is 348 g/mol. The maximum atomic E-state index is 12.7. The Morgan fingerprint density at radius 2 is 1.75 bits per heavy atom. The van der Waals surface area contributed by atoms with Gasteiger partial charge in [-0.05, 0) is 48.7 Å². The van der Waals surface area contributed by atoms with Gasteiger partial charge in [-0.2, -0.15) is 0 Å². The molecule has 0 atom stereocenters. The summed E-state index contributed by atoms with van der Waals surface area (Å²) < 4.78 is 5.55. The number of nitrogens with one attached hydrogen (secondary N) is 1. The minimum atomic E-state index is 0.0684. The molecule has 0 aliphatic heterocycles. The third kappa shape index (κ3) is 4.07. The number of H-pyrrole nitrogens is 1. The molecule has 142 valence electrons. The van der Waals surface area contributed by atoms with E-state index in [1.165, 1.54) is 5.56 Å². The van der Waals surface area contributed by atoms with E-state index in [0.717, 1.165) is 40.0 Å². The van der Waals surface area contributed by atoms with Crippen molar-refractivity contribution in [3.8, 4) is 0 Å². The number of hydrogen-bond donors (Lipinski definition) is 1. The number of aromatic nitrogens is 1. The second-order valence-electron chi connectivity index (χ2n) is 7.37. The Balaban J connectivity index is 1.66. The van der Waals surface area contributed by atoms with Crippen LogP contribution in [0.4, 0.5) is 0 Å². The molecule has 4 heteroatoms. The average Bonchev–Trinajstić information content (AvgIpc) is 3.14. The number of hydrogen-bond acceptors (Lipinski definition) is 3. The largest absolute Gasteiger partial charge is 0.468 e. The number of rotatable bonds is 6. The number of fused-ring (bicyclic) bond motifs is 1. The van der Waals surface area contributed by atoms with E-state index in [1.807, 2.05) is 43.3 Å². The first kappa shape index (κ1) is 18.3. The van der Waals surface area contributed by atoms with Crippen LogP contribution in [0.1, 0.15) is 28.1 Å². The van der Waals surface area contributed by atoms with Gasteiger partial charge in [-0.1, -0.05) is 36.4 Å². The van der Waals surface area contributed by atoms with Gasteiger partial charge in [-0.3, -0.25) is 9.69 Å². The zero-order valence-electron chi connectivity index (χ0n) is 16.2. The summed E-state index contributed by atoms with van der Waals surface area (Å²) in [7, 11) is 0. The molecule has 0 aliphatic carbocycles. The summed E-state index contributed by atoms with van der Waals surface area (Å²) in [5, 5.41) is 0.773. The van der Waals surface area contributed by atoms with E-state index < -0.39 is 0 Å². The lowest BCUT2D eigenvalue weighted by molar-refractivity contribution is 0.224. The molecule has 0 radical (unpaired) electrons. The SMILES string of the molecule is Cc1cc(C)c2c(=O)cc(CN(Cc3ccccc3)Cc3ccco3)[nH]c2c1. The molecule has 0 fully saturated rings. The van der Waals surface area contributed by atoms with Crippen molar-refractivity contribution < 1.29 is 4.42 Å². The van der Waals surface area contributed by atoms with Crippen LogP contribution in [0.2, 0.25) is 0 Å². The normalized spacial score (nSPS) is 11.4. The van der Waals surface area contributed by atoms with Crippen LogP contribution in [-0.2, 0) is 19.6 Å². The Morgan fingerprint density at radius 1 is 0.929 bits per heavy atom. The van der Waals surface area contributed by atoms with Gasteiger partial charge in [0.25, 0.3) is 0 Å².